The zero-order valence-corrected chi connectivity index (χ0v) is 16.6. The molecular weight excluding hydrogens is 386 g/mol. The van der Waals surface area contributed by atoms with Crippen molar-refractivity contribution in [2.75, 3.05) is 26.2 Å². The summed E-state index contributed by atoms with van der Waals surface area (Å²) in [6.45, 7) is 2.57. The first-order valence-corrected chi connectivity index (χ1v) is 10.3. The molecule has 2 aliphatic rings. The molecule has 0 spiro atoms. The van der Waals surface area contributed by atoms with Gasteiger partial charge >= 0.3 is 5.76 Å². The fourth-order valence-electron chi connectivity index (χ4n) is 4.24. The number of rotatable bonds is 3. The number of carbonyl (C=O) groups excluding carboxylic acids is 2. The molecule has 4 heterocycles. The zero-order chi connectivity index (χ0) is 20.7. The standard InChI is InChI=1S/C21H23N5O4/c27-19(14-25-17-6-1-2-7-18(17)30-21(25)29)23-9-11-24(12-10-23)20(28)16-13-15-5-3-4-8-26(15)22-16/h1-2,6-7,13H,3-5,8-12,14H2. The van der Waals surface area contributed by atoms with Gasteiger partial charge in [0.25, 0.3) is 5.91 Å². The molecule has 0 N–H and O–H groups in total. The molecule has 30 heavy (non-hydrogen) atoms. The van der Waals surface area contributed by atoms with Gasteiger partial charge in [0.1, 0.15) is 6.54 Å². The molecule has 3 aromatic rings. The summed E-state index contributed by atoms with van der Waals surface area (Å²) in [5, 5.41) is 4.47. The highest BCUT2D eigenvalue weighted by molar-refractivity contribution is 5.92. The summed E-state index contributed by atoms with van der Waals surface area (Å²) in [6, 6.07) is 8.94. The Labute approximate surface area is 172 Å². The maximum atomic E-state index is 12.8. The van der Waals surface area contributed by atoms with E-state index in [0.29, 0.717) is 43.0 Å². The Balaban J connectivity index is 1.23. The smallest absolute Gasteiger partial charge is 0.408 e. The summed E-state index contributed by atoms with van der Waals surface area (Å²) < 4.78 is 8.48. The van der Waals surface area contributed by atoms with Crippen molar-refractivity contribution in [1.82, 2.24) is 24.1 Å². The number of oxazole rings is 1. The molecule has 0 bridgehead atoms. The summed E-state index contributed by atoms with van der Waals surface area (Å²) in [5.74, 6) is -0.781. The highest BCUT2D eigenvalue weighted by Crippen LogP contribution is 2.17. The molecular formula is C21H23N5O4. The van der Waals surface area contributed by atoms with E-state index in [9.17, 15) is 14.4 Å². The normalized spacial score (nSPS) is 16.7. The molecule has 0 unspecified atom stereocenters. The lowest BCUT2D eigenvalue weighted by Crippen LogP contribution is -2.51. The van der Waals surface area contributed by atoms with E-state index in [1.807, 2.05) is 10.7 Å². The quantitative estimate of drug-likeness (QED) is 0.646. The number of nitrogens with zero attached hydrogens (tertiary/aromatic N) is 5. The highest BCUT2D eigenvalue weighted by Gasteiger charge is 2.27. The Kier molecular flexibility index (Phi) is 4.65. The van der Waals surface area contributed by atoms with Gasteiger partial charge in [-0.3, -0.25) is 18.8 Å². The second kappa shape index (κ2) is 7.47. The fraction of sp³-hybridized carbons (Fsp3) is 0.429. The molecule has 1 aromatic carbocycles. The van der Waals surface area contributed by atoms with Crippen LogP contribution in [0.4, 0.5) is 0 Å². The third-order valence-corrected chi connectivity index (χ3v) is 5.92. The van der Waals surface area contributed by atoms with Crippen molar-refractivity contribution >= 4 is 22.9 Å². The van der Waals surface area contributed by atoms with E-state index in [1.165, 1.54) is 4.57 Å². The SMILES string of the molecule is O=C(Cn1c(=O)oc2ccccc21)N1CCN(C(=O)c2cc3n(n2)CCCC3)CC1. The van der Waals surface area contributed by atoms with E-state index >= 15 is 0 Å². The van der Waals surface area contributed by atoms with E-state index in [2.05, 4.69) is 5.10 Å². The number of benzene rings is 1. The number of hydrogen-bond acceptors (Lipinski definition) is 5. The summed E-state index contributed by atoms with van der Waals surface area (Å²) in [5.41, 5.74) is 2.68. The molecule has 0 atom stereocenters. The maximum Gasteiger partial charge on any atom is 0.420 e. The Hall–Kier alpha value is -3.36. The molecule has 9 heteroatoms. The summed E-state index contributed by atoms with van der Waals surface area (Å²) in [7, 11) is 0. The van der Waals surface area contributed by atoms with Crippen LogP contribution in [0, 0.1) is 0 Å². The minimum Gasteiger partial charge on any atom is -0.408 e. The van der Waals surface area contributed by atoms with E-state index < -0.39 is 5.76 Å². The average molecular weight is 409 g/mol. The number of amides is 2. The number of para-hydroxylation sites is 2. The lowest BCUT2D eigenvalue weighted by atomic mass is 10.1. The second-order valence-electron chi connectivity index (χ2n) is 7.80. The van der Waals surface area contributed by atoms with Crippen LogP contribution in [0.3, 0.4) is 0 Å². The Morgan fingerprint density at radius 1 is 1.00 bits per heavy atom. The van der Waals surface area contributed by atoms with Crippen LogP contribution in [0.1, 0.15) is 29.0 Å². The van der Waals surface area contributed by atoms with Gasteiger partial charge in [0.15, 0.2) is 11.3 Å². The van der Waals surface area contributed by atoms with Gasteiger partial charge in [0, 0.05) is 38.4 Å². The van der Waals surface area contributed by atoms with Crippen molar-refractivity contribution in [3.63, 3.8) is 0 Å². The average Bonchev–Trinajstić information content (AvgIpc) is 3.34. The maximum absolute atomic E-state index is 12.8. The predicted molar refractivity (Wildman–Crippen MR) is 108 cm³/mol. The Bertz CT molecular complexity index is 1140. The molecule has 1 saturated heterocycles. The molecule has 2 aliphatic heterocycles. The van der Waals surface area contributed by atoms with Crippen LogP contribution >= 0.6 is 0 Å². The number of hydrogen-bond donors (Lipinski definition) is 0. The molecule has 0 aliphatic carbocycles. The largest absolute Gasteiger partial charge is 0.420 e. The number of aromatic nitrogens is 3. The molecule has 9 nitrogen and oxygen atoms in total. The Morgan fingerprint density at radius 3 is 2.57 bits per heavy atom. The highest BCUT2D eigenvalue weighted by atomic mass is 16.4. The first-order valence-electron chi connectivity index (χ1n) is 10.3. The van der Waals surface area contributed by atoms with Crippen LogP contribution in [0.15, 0.2) is 39.5 Å². The molecule has 0 radical (unpaired) electrons. The van der Waals surface area contributed by atoms with Crippen molar-refractivity contribution in [2.24, 2.45) is 0 Å². The zero-order valence-electron chi connectivity index (χ0n) is 16.6. The minimum atomic E-state index is -0.540. The van der Waals surface area contributed by atoms with Gasteiger partial charge in [-0.2, -0.15) is 5.10 Å². The molecule has 156 valence electrons. The van der Waals surface area contributed by atoms with E-state index in [4.69, 9.17) is 4.42 Å². The van der Waals surface area contributed by atoms with Crippen LogP contribution in [0.5, 0.6) is 0 Å². The van der Waals surface area contributed by atoms with Crippen molar-refractivity contribution in [3.8, 4) is 0 Å². The van der Waals surface area contributed by atoms with Crippen molar-refractivity contribution in [3.05, 3.63) is 52.3 Å². The van der Waals surface area contributed by atoms with Gasteiger partial charge in [-0.15, -0.1) is 0 Å². The molecule has 0 saturated carbocycles. The van der Waals surface area contributed by atoms with Crippen LogP contribution < -0.4 is 5.76 Å². The third kappa shape index (κ3) is 3.30. The van der Waals surface area contributed by atoms with Gasteiger partial charge < -0.3 is 14.2 Å². The fourth-order valence-corrected chi connectivity index (χ4v) is 4.24. The van der Waals surface area contributed by atoms with Crippen LogP contribution in [0.25, 0.3) is 11.1 Å². The van der Waals surface area contributed by atoms with Crippen LogP contribution in [-0.4, -0.2) is 62.1 Å². The van der Waals surface area contributed by atoms with E-state index in [-0.39, 0.29) is 18.4 Å². The lowest BCUT2D eigenvalue weighted by Gasteiger charge is -2.34. The molecule has 2 aromatic heterocycles. The number of aryl methyl sites for hydroxylation is 2. The molecule has 5 rings (SSSR count). The van der Waals surface area contributed by atoms with Crippen molar-refractivity contribution in [2.45, 2.75) is 32.4 Å². The van der Waals surface area contributed by atoms with Crippen LogP contribution in [0.2, 0.25) is 0 Å². The minimum absolute atomic E-state index is 0.0719. The number of piperazine rings is 1. The third-order valence-electron chi connectivity index (χ3n) is 5.92. The molecule has 2 amide bonds. The summed E-state index contributed by atoms with van der Waals surface area (Å²) in [6.07, 6.45) is 3.19. The number of fused-ring (bicyclic) bond motifs is 2. The first-order chi connectivity index (χ1) is 14.6. The van der Waals surface area contributed by atoms with Gasteiger partial charge in [-0.25, -0.2) is 4.79 Å². The van der Waals surface area contributed by atoms with E-state index in [0.717, 1.165) is 31.5 Å². The van der Waals surface area contributed by atoms with Crippen LogP contribution in [-0.2, 0) is 24.3 Å². The Morgan fingerprint density at radius 2 is 1.77 bits per heavy atom. The second-order valence-corrected chi connectivity index (χ2v) is 7.80. The van der Waals surface area contributed by atoms with E-state index in [1.54, 1.807) is 34.1 Å². The van der Waals surface area contributed by atoms with Gasteiger partial charge in [-0.1, -0.05) is 12.1 Å². The summed E-state index contributed by atoms with van der Waals surface area (Å²) in [4.78, 5) is 41.1. The topological polar surface area (TPSA) is 93.6 Å². The summed E-state index contributed by atoms with van der Waals surface area (Å²) >= 11 is 0. The van der Waals surface area contributed by atoms with Gasteiger partial charge in [-0.05, 0) is 37.5 Å². The van der Waals surface area contributed by atoms with Crippen molar-refractivity contribution < 1.29 is 14.0 Å². The lowest BCUT2D eigenvalue weighted by molar-refractivity contribution is -0.133. The number of carbonyl (C=O) groups is 2. The monoisotopic (exact) mass is 409 g/mol. The molecule has 1 fully saturated rings. The van der Waals surface area contributed by atoms with Gasteiger partial charge in [0.05, 0.1) is 5.52 Å². The van der Waals surface area contributed by atoms with Crippen molar-refractivity contribution in [1.29, 1.82) is 0 Å². The first kappa shape index (κ1) is 18.7. The predicted octanol–water partition coefficient (Wildman–Crippen LogP) is 1.11. The van der Waals surface area contributed by atoms with Gasteiger partial charge in [0.2, 0.25) is 5.91 Å².